The van der Waals surface area contributed by atoms with Gasteiger partial charge in [-0.1, -0.05) is 36.4 Å². The molecule has 0 aliphatic carbocycles. The summed E-state index contributed by atoms with van der Waals surface area (Å²) in [5.74, 6) is -0.464. The molecule has 7 heteroatoms. The largest absolute Gasteiger partial charge is 0.445 e. The molecule has 2 N–H and O–H groups in total. The Morgan fingerprint density at radius 1 is 1.18 bits per heavy atom. The summed E-state index contributed by atoms with van der Waals surface area (Å²) in [7, 11) is 0. The minimum Gasteiger partial charge on any atom is -0.445 e. The third-order valence-electron chi connectivity index (χ3n) is 5.02. The molecule has 2 heterocycles. The van der Waals surface area contributed by atoms with Crippen LogP contribution in [0.1, 0.15) is 17.5 Å². The quantitative estimate of drug-likeness (QED) is 0.855. The molecule has 0 radical (unpaired) electrons. The van der Waals surface area contributed by atoms with Crippen molar-refractivity contribution in [3.8, 4) is 0 Å². The van der Waals surface area contributed by atoms with E-state index in [0.717, 1.165) is 16.8 Å². The molecular formula is C21H21N3O4. The van der Waals surface area contributed by atoms with E-state index in [4.69, 9.17) is 4.74 Å². The van der Waals surface area contributed by atoms with E-state index in [2.05, 4.69) is 10.6 Å². The van der Waals surface area contributed by atoms with Crippen molar-refractivity contribution in [1.29, 1.82) is 0 Å². The molecule has 4 rings (SSSR count). The molecule has 2 aromatic rings. The lowest BCUT2D eigenvalue weighted by molar-refractivity contribution is -0.119. The first kappa shape index (κ1) is 18.0. The summed E-state index contributed by atoms with van der Waals surface area (Å²) in [6.07, 6.45) is 0.555. The van der Waals surface area contributed by atoms with Crippen molar-refractivity contribution in [3.63, 3.8) is 0 Å². The molecule has 2 aliphatic heterocycles. The summed E-state index contributed by atoms with van der Waals surface area (Å²) < 4.78 is 5.33. The molecule has 7 nitrogen and oxygen atoms in total. The predicted octanol–water partition coefficient (Wildman–Crippen LogP) is 2.78. The number of nitrogens with zero attached hydrogens (tertiary/aromatic N) is 1. The first-order valence-corrected chi connectivity index (χ1v) is 9.28. The number of hydrogen-bond acceptors (Lipinski definition) is 4. The highest BCUT2D eigenvalue weighted by Gasteiger charge is 2.32. The zero-order chi connectivity index (χ0) is 19.5. The van der Waals surface area contributed by atoms with Crippen LogP contribution in [0.4, 0.5) is 16.2 Å². The number of benzene rings is 2. The Bertz CT molecular complexity index is 913. The molecule has 1 unspecified atom stereocenters. The van der Waals surface area contributed by atoms with Gasteiger partial charge in [0.25, 0.3) is 0 Å². The number of nitrogens with one attached hydrogen (secondary N) is 2. The van der Waals surface area contributed by atoms with E-state index < -0.39 is 6.09 Å². The van der Waals surface area contributed by atoms with Crippen LogP contribution in [0.5, 0.6) is 0 Å². The number of anilines is 2. The Kier molecular flexibility index (Phi) is 4.97. The number of likely N-dealkylation sites (tertiary alicyclic amines) is 1. The van der Waals surface area contributed by atoms with Crippen molar-refractivity contribution in [3.05, 3.63) is 59.7 Å². The fraction of sp³-hybridized carbons (Fsp3) is 0.286. The van der Waals surface area contributed by atoms with Gasteiger partial charge in [0, 0.05) is 24.5 Å². The van der Waals surface area contributed by atoms with Crippen LogP contribution in [-0.2, 0) is 27.4 Å². The Balaban J connectivity index is 1.29. The van der Waals surface area contributed by atoms with Crippen LogP contribution >= 0.6 is 0 Å². The van der Waals surface area contributed by atoms with E-state index in [1.807, 2.05) is 36.4 Å². The highest BCUT2D eigenvalue weighted by molar-refractivity contribution is 6.01. The highest BCUT2D eigenvalue weighted by atomic mass is 16.6. The topological polar surface area (TPSA) is 87.7 Å². The van der Waals surface area contributed by atoms with Gasteiger partial charge in [0.1, 0.15) is 6.61 Å². The molecule has 144 valence electrons. The normalized spacial score (nSPS) is 17.8. The fourth-order valence-corrected chi connectivity index (χ4v) is 3.49. The van der Waals surface area contributed by atoms with Gasteiger partial charge in [0.05, 0.1) is 12.3 Å². The first-order valence-electron chi connectivity index (χ1n) is 9.28. The number of amides is 3. The van der Waals surface area contributed by atoms with E-state index >= 15 is 0 Å². The van der Waals surface area contributed by atoms with Crippen LogP contribution in [0.3, 0.4) is 0 Å². The van der Waals surface area contributed by atoms with Crippen LogP contribution in [0.15, 0.2) is 48.5 Å². The second kappa shape index (κ2) is 7.72. The Morgan fingerprint density at radius 3 is 2.82 bits per heavy atom. The maximum absolute atomic E-state index is 12.5. The maximum atomic E-state index is 12.5. The second-order valence-corrected chi connectivity index (χ2v) is 7.06. The van der Waals surface area contributed by atoms with Gasteiger partial charge in [0.2, 0.25) is 11.8 Å². The lowest BCUT2D eigenvalue weighted by atomic mass is 10.1. The lowest BCUT2D eigenvalue weighted by Gasteiger charge is -2.16. The van der Waals surface area contributed by atoms with Crippen molar-refractivity contribution in [2.45, 2.75) is 19.4 Å². The molecule has 0 spiro atoms. The summed E-state index contributed by atoms with van der Waals surface area (Å²) in [5, 5.41) is 5.65. The summed E-state index contributed by atoms with van der Waals surface area (Å²) in [4.78, 5) is 37.8. The number of carbonyl (C=O) groups excluding carboxylic acids is 3. The second-order valence-electron chi connectivity index (χ2n) is 7.06. The van der Waals surface area contributed by atoms with Crippen LogP contribution in [-0.4, -0.2) is 35.9 Å². The summed E-state index contributed by atoms with van der Waals surface area (Å²) in [6, 6.07) is 14.9. The standard InChI is InChI=1S/C21H21N3O4/c25-19-10-15-6-7-17(11-18(15)23-19)22-20(26)16-8-9-24(12-16)21(27)28-13-14-4-2-1-3-5-14/h1-7,11,16H,8-10,12-13H2,(H,22,26)(H,23,25). The minimum absolute atomic E-state index is 0.0427. The van der Waals surface area contributed by atoms with Gasteiger partial charge >= 0.3 is 6.09 Å². The lowest BCUT2D eigenvalue weighted by Crippen LogP contribution is -2.31. The van der Waals surface area contributed by atoms with Gasteiger partial charge in [0.15, 0.2) is 0 Å². The summed E-state index contributed by atoms with van der Waals surface area (Å²) in [6.45, 7) is 1.04. The zero-order valence-electron chi connectivity index (χ0n) is 15.3. The molecule has 1 atom stereocenters. The Labute approximate surface area is 162 Å². The average molecular weight is 379 g/mol. The first-order chi connectivity index (χ1) is 13.6. The highest BCUT2D eigenvalue weighted by Crippen LogP contribution is 2.27. The molecule has 0 saturated carbocycles. The van der Waals surface area contributed by atoms with Gasteiger partial charge in [-0.2, -0.15) is 0 Å². The van der Waals surface area contributed by atoms with Gasteiger partial charge in [-0.05, 0) is 29.7 Å². The smallest absolute Gasteiger partial charge is 0.410 e. The Hall–Kier alpha value is -3.35. The van der Waals surface area contributed by atoms with E-state index in [1.54, 1.807) is 17.0 Å². The zero-order valence-corrected chi connectivity index (χ0v) is 15.3. The number of hydrogen-bond donors (Lipinski definition) is 2. The molecule has 2 aromatic carbocycles. The van der Waals surface area contributed by atoms with E-state index in [1.165, 1.54) is 0 Å². The molecule has 0 aromatic heterocycles. The van der Waals surface area contributed by atoms with Crippen molar-refractivity contribution in [1.82, 2.24) is 4.90 Å². The third kappa shape index (κ3) is 3.98. The summed E-state index contributed by atoms with van der Waals surface area (Å²) >= 11 is 0. The SMILES string of the molecule is O=C1Cc2ccc(NC(=O)C3CCN(C(=O)OCc4ccccc4)C3)cc2N1. The van der Waals surface area contributed by atoms with Crippen LogP contribution in [0.25, 0.3) is 0 Å². The van der Waals surface area contributed by atoms with Crippen molar-refractivity contribution >= 4 is 29.3 Å². The monoisotopic (exact) mass is 379 g/mol. The van der Waals surface area contributed by atoms with Crippen molar-refractivity contribution in [2.24, 2.45) is 5.92 Å². The van der Waals surface area contributed by atoms with Crippen molar-refractivity contribution in [2.75, 3.05) is 23.7 Å². The van der Waals surface area contributed by atoms with Gasteiger partial charge in [-0.15, -0.1) is 0 Å². The molecule has 3 amide bonds. The maximum Gasteiger partial charge on any atom is 0.410 e. The van der Waals surface area contributed by atoms with Crippen LogP contribution in [0.2, 0.25) is 0 Å². The van der Waals surface area contributed by atoms with E-state index in [9.17, 15) is 14.4 Å². The number of carbonyl (C=O) groups is 3. The number of rotatable bonds is 4. The predicted molar refractivity (Wildman–Crippen MR) is 104 cm³/mol. The molecule has 28 heavy (non-hydrogen) atoms. The van der Waals surface area contributed by atoms with Gasteiger partial charge in [-0.25, -0.2) is 4.79 Å². The molecule has 2 aliphatic rings. The van der Waals surface area contributed by atoms with E-state index in [-0.39, 0.29) is 24.3 Å². The van der Waals surface area contributed by atoms with Crippen LogP contribution < -0.4 is 10.6 Å². The summed E-state index contributed by atoms with van der Waals surface area (Å²) in [5.41, 5.74) is 3.22. The molecule has 1 saturated heterocycles. The van der Waals surface area contributed by atoms with Crippen LogP contribution in [0, 0.1) is 5.92 Å². The fourth-order valence-electron chi connectivity index (χ4n) is 3.49. The molecule has 1 fully saturated rings. The number of ether oxygens (including phenoxy) is 1. The molecule has 0 bridgehead atoms. The average Bonchev–Trinajstić information content (AvgIpc) is 3.33. The van der Waals surface area contributed by atoms with Crippen molar-refractivity contribution < 1.29 is 19.1 Å². The van der Waals surface area contributed by atoms with Gasteiger partial charge in [-0.3, -0.25) is 9.59 Å². The number of fused-ring (bicyclic) bond motifs is 1. The van der Waals surface area contributed by atoms with Gasteiger partial charge < -0.3 is 20.3 Å². The molecular weight excluding hydrogens is 358 g/mol. The third-order valence-corrected chi connectivity index (χ3v) is 5.02. The minimum atomic E-state index is -0.403. The Morgan fingerprint density at radius 2 is 2.00 bits per heavy atom. The van der Waals surface area contributed by atoms with E-state index in [0.29, 0.717) is 31.6 Å².